The highest BCUT2D eigenvalue weighted by molar-refractivity contribution is 6.26. The number of hydrogen-bond acceptors (Lipinski definition) is 1. The van der Waals surface area contributed by atoms with Crippen molar-refractivity contribution in [1.29, 1.82) is 0 Å². The fourth-order valence-electron chi connectivity index (χ4n) is 11.1. The lowest BCUT2D eigenvalue weighted by atomic mass is 9.92. The molecular formula is C62H41N3O. The van der Waals surface area contributed by atoms with Gasteiger partial charge in [0.15, 0.2) is 0 Å². The molecule has 66 heavy (non-hydrogen) atoms. The first kappa shape index (κ1) is 36.8. The first-order chi connectivity index (χ1) is 32.7. The van der Waals surface area contributed by atoms with E-state index in [1.54, 1.807) is 0 Å². The maximum Gasteiger partial charge on any atom is 0.137 e. The van der Waals surface area contributed by atoms with Gasteiger partial charge < -0.3 is 18.1 Å². The Morgan fingerprint density at radius 1 is 0.348 bits per heavy atom. The summed E-state index contributed by atoms with van der Waals surface area (Å²) in [6, 6.07) is 80.0. The minimum atomic E-state index is 0.879. The standard InChI is InChI=1S/C62H41N3O/c1-2-39-29-30-41(35-50(39)40-17-5-3-6-18-40)44-32-31-43(36-57(44)65-54-26-14-10-22-46(54)51-37-52-47-23-12-16-28-59(47)66-60(52)38-58(51)65)63-55-27-15-11-24-49(55)61-56(63)34-33-48-45-21-9-13-25-53(45)64(62(48)61)42-19-7-4-8-20-42/h3-38H,2H2,1H3. The molecule has 0 aliphatic heterocycles. The molecule has 0 atom stereocenters. The van der Waals surface area contributed by atoms with Gasteiger partial charge in [-0.05, 0) is 95.4 Å². The predicted molar refractivity (Wildman–Crippen MR) is 277 cm³/mol. The monoisotopic (exact) mass is 843 g/mol. The van der Waals surface area contributed by atoms with Crippen molar-refractivity contribution in [3.05, 3.63) is 224 Å². The Morgan fingerprint density at radius 2 is 1.00 bits per heavy atom. The van der Waals surface area contributed by atoms with E-state index in [1.807, 2.05) is 6.07 Å². The van der Waals surface area contributed by atoms with Crippen LogP contribution in [0.2, 0.25) is 0 Å². The molecule has 0 saturated carbocycles. The molecule has 0 bridgehead atoms. The zero-order chi connectivity index (χ0) is 43.5. The predicted octanol–water partition coefficient (Wildman–Crippen LogP) is 16.8. The Morgan fingerprint density at radius 3 is 1.77 bits per heavy atom. The normalized spacial score (nSPS) is 12.1. The van der Waals surface area contributed by atoms with Gasteiger partial charge >= 0.3 is 0 Å². The highest BCUT2D eigenvalue weighted by Gasteiger charge is 2.24. The third kappa shape index (κ3) is 5.27. The highest BCUT2D eigenvalue weighted by atomic mass is 16.3. The van der Waals surface area contributed by atoms with Crippen LogP contribution >= 0.6 is 0 Å². The van der Waals surface area contributed by atoms with Crippen LogP contribution in [0.4, 0.5) is 0 Å². The Kier molecular flexibility index (Phi) is 7.93. The van der Waals surface area contributed by atoms with Crippen molar-refractivity contribution >= 4 is 87.4 Å². The van der Waals surface area contributed by atoms with Gasteiger partial charge in [-0.25, -0.2) is 0 Å². The summed E-state index contributed by atoms with van der Waals surface area (Å²) in [6.07, 6.45) is 0.945. The van der Waals surface area contributed by atoms with Crippen molar-refractivity contribution in [2.75, 3.05) is 0 Å². The molecule has 0 spiro atoms. The van der Waals surface area contributed by atoms with E-state index in [1.165, 1.54) is 65.6 Å². The lowest BCUT2D eigenvalue weighted by molar-refractivity contribution is 0.669. The van der Waals surface area contributed by atoms with Crippen LogP contribution in [0, 0.1) is 0 Å². The number of furan rings is 1. The van der Waals surface area contributed by atoms with Crippen molar-refractivity contribution in [3.63, 3.8) is 0 Å². The van der Waals surface area contributed by atoms with Crippen LogP contribution < -0.4 is 0 Å². The summed E-state index contributed by atoms with van der Waals surface area (Å²) in [6.45, 7) is 2.25. The van der Waals surface area contributed by atoms with E-state index in [0.717, 1.165) is 73.1 Å². The fourth-order valence-corrected chi connectivity index (χ4v) is 11.1. The zero-order valence-electron chi connectivity index (χ0n) is 36.2. The van der Waals surface area contributed by atoms with Gasteiger partial charge in [-0.1, -0.05) is 153 Å². The maximum absolute atomic E-state index is 6.61. The summed E-state index contributed by atoms with van der Waals surface area (Å²) in [5.74, 6) is 0. The van der Waals surface area contributed by atoms with Crippen molar-refractivity contribution in [1.82, 2.24) is 13.7 Å². The second kappa shape index (κ2) is 14.2. The third-order valence-electron chi connectivity index (χ3n) is 14.0. The van der Waals surface area contributed by atoms with E-state index >= 15 is 0 Å². The quantitative estimate of drug-likeness (QED) is 0.164. The molecule has 310 valence electrons. The van der Waals surface area contributed by atoms with Gasteiger partial charge in [0.2, 0.25) is 0 Å². The topological polar surface area (TPSA) is 27.9 Å². The molecule has 14 aromatic rings. The van der Waals surface area contributed by atoms with Crippen LogP contribution in [0.3, 0.4) is 0 Å². The number of hydrogen-bond donors (Lipinski definition) is 0. The lowest BCUT2D eigenvalue weighted by Gasteiger charge is -2.19. The zero-order valence-corrected chi connectivity index (χ0v) is 36.2. The summed E-state index contributed by atoms with van der Waals surface area (Å²) in [4.78, 5) is 0. The van der Waals surface area contributed by atoms with Gasteiger partial charge in [-0.3, -0.25) is 0 Å². The first-order valence-electron chi connectivity index (χ1n) is 22.9. The minimum absolute atomic E-state index is 0.879. The van der Waals surface area contributed by atoms with E-state index in [2.05, 4.69) is 233 Å². The number of aryl methyl sites for hydroxylation is 1. The molecular weight excluding hydrogens is 803 g/mol. The number of nitrogens with zero attached hydrogens (tertiary/aromatic N) is 3. The Hall–Kier alpha value is -8.60. The molecule has 4 nitrogen and oxygen atoms in total. The molecule has 4 heteroatoms. The number of fused-ring (bicyclic) bond motifs is 13. The summed E-state index contributed by atoms with van der Waals surface area (Å²) in [7, 11) is 0. The summed E-state index contributed by atoms with van der Waals surface area (Å²) >= 11 is 0. The second-order valence-corrected chi connectivity index (χ2v) is 17.5. The molecule has 0 fully saturated rings. The number of para-hydroxylation sites is 5. The number of benzene rings is 10. The minimum Gasteiger partial charge on any atom is -0.456 e. The summed E-state index contributed by atoms with van der Waals surface area (Å²) in [5, 5.41) is 9.60. The smallest absolute Gasteiger partial charge is 0.137 e. The van der Waals surface area contributed by atoms with Crippen LogP contribution in [0.25, 0.3) is 127 Å². The summed E-state index contributed by atoms with van der Waals surface area (Å²) < 4.78 is 14.0. The van der Waals surface area contributed by atoms with Gasteiger partial charge in [-0.15, -0.1) is 0 Å². The molecule has 14 rings (SSSR count). The van der Waals surface area contributed by atoms with Gasteiger partial charge in [0.25, 0.3) is 0 Å². The van der Waals surface area contributed by atoms with Gasteiger partial charge in [0.05, 0.1) is 38.8 Å². The van der Waals surface area contributed by atoms with Crippen LogP contribution in [0.5, 0.6) is 0 Å². The van der Waals surface area contributed by atoms with E-state index in [-0.39, 0.29) is 0 Å². The molecule has 0 aliphatic carbocycles. The van der Waals surface area contributed by atoms with Crippen molar-refractivity contribution in [3.8, 4) is 39.3 Å². The van der Waals surface area contributed by atoms with Gasteiger partial charge in [-0.2, -0.15) is 0 Å². The lowest BCUT2D eigenvalue weighted by Crippen LogP contribution is -2.02. The largest absolute Gasteiger partial charge is 0.456 e. The molecule has 0 unspecified atom stereocenters. The number of aromatic nitrogens is 3. The third-order valence-corrected chi connectivity index (χ3v) is 14.0. The second-order valence-electron chi connectivity index (χ2n) is 17.5. The van der Waals surface area contributed by atoms with Crippen LogP contribution in [-0.4, -0.2) is 13.7 Å². The fraction of sp³-hybridized carbons (Fsp3) is 0.0323. The molecule has 4 aromatic heterocycles. The molecule has 0 aliphatic rings. The van der Waals surface area contributed by atoms with Gasteiger partial charge in [0.1, 0.15) is 11.2 Å². The maximum atomic E-state index is 6.61. The molecule has 4 heterocycles. The van der Waals surface area contributed by atoms with Crippen LogP contribution in [-0.2, 0) is 6.42 Å². The van der Waals surface area contributed by atoms with E-state index in [9.17, 15) is 0 Å². The van der Waals surface area contributed by atoms with E-state index < -0.39 is 0 Å². The molecule has 0 radical (unpaired) electrons. The van der Waals surface area contributed by atoms with Crippen molar-refractivity contribution in [2.45, 2.75) is 13.3 Å². The molecule has 0 amide bonds. The molecule has 10 aromatic carbocycles. The SMILES string of the molecule is CCc1ccc(-c2ccc(-n3c4ccccc4c4c3ccc3c5ccccc5n(-c5ccccc5)c34)cc2-n2c3ccccc3c3cc4c(cc32)oc2ccccc24)cc1-c1ccccc1. The highest BCUT2D eigenvalue weighted by Crippen LogP contribution is 2.45. The Labute approximate surface area is 380 Å². The average molecular weight is 844 g/mol. The first-order valence-corrected chi connectivity index (χ1v) is 22.9. The average Bonchev–Trinajstić information content (AvgIpc) is 4.12. The Balaban J connectivity index is 1.10. The summed E-state index contributed by atoms with van der Waals surface area (Å²) in [5.41, 5.74) is 18.2. The Bertz CT molecular complexity index is 4260. The van der Waals surface area contributed by atoms with Gasteiger partial charge in [0, 0.05) is 66.1 Å². The van der Waals surface area contributed by atoms with Crippen molar-refractivity contribution < 1.29 is 4.42 Å². The molecule has 0 saturated heterocycles. The van der Waals surface area contributed by atoms with Crippen LogP contribution in [0.1, 0.15) is 12.5 Å². The number of rotatable bonds is 6. The van der Waals surface area contributed by atoms with E-state index in [4.69, 9.17) is 4.42 Å². The molecule has 0 N–H and O–H groups in total. The van der Waals surface area contributed by atoms with Crippen LogP contribution in [0.15, 0.2) is 223 Å². The van der Waals surface area contributed by atoms with E-state index in [0.29, 0.717) is 0 Å². The van der Waals surface area contributed by atoms with Crippen molar-refractivity contribution in [2.24, 2.45) is 0 Å².